The lowest BCUT2D eigenvalue weighted by molar-refractivity contribution is -0.671. The molecule has 0 aliphatic rings. The summed E-state index contributed by atoms with van der Waals surface area (Å²) in [6.07, 6.45) is 5.98. The van der Waals surface area contributed by atoms with Crippen molar-refractivity contribution in [3.63, 3.8) is 0 Å². The summed E-state index contributed by atoms with van der Waals surface area (Å²) in [6, 6.07) is 6.28. The zero-order valence-electron chi connectivity index (χ0n) is 12.1. The Morgan fingerprint density at radius 1 is 1.36 bits per heavy atom. The predicted molar refractivity (Wildman–Crippen MR) is 79.1 cm³/mol. The Hall–Kier alpha value is -1.77. The predicted octanol–water partition coefficient (Wildman–Crippen LogP) is -2.49. The van der Waals surface area contributed by atoms with Crippen LogP contribution in [-0.4, -0.2) is 23.9 Å². The Labute approximate surface area is 136 Å². The molecule has 2 rings (SSSR count). The van der Waals surface area contributed by atoms with Gasteiger partial charge >= 0.3 is 0 Å². The molecule has 122 valence electrons. The minimum absolute atomic E-state index is 0. The minimum atomic E-state index is -3.81. The van der Waals surface area contributed by atoms with Gasteiger partial charge < -0.3 is 18.1 Å². The summed E-state index contributed by atoms with van der Waals surface area (Å²) in [5.74, 6) is -0.167. The van der Waals surface area contributed by atoms with Gasteiger partial charge in [0.05, 0.1) is 25.0 Å². The minimum Gasteiger partial charge on any atom is -1.00 e. The highest BCUT2D eigenvalue weighted by atomic mass is 35.5. The molecule has 1 aromatic heterocycles. The molecule has 0 amide bonds. The smallest absolute Gasteiger partial charge is 0.257 e. The van der Waals surface area contributed by atoms with E-state index in [1.165, 1.54) is 12.1 Å². The number of aromatic nitrogens is 2. The van der Waals surface area contributed by atoms with Crippen molar-refractivity contribution in [2.75, 3.05) is 16.0 Å². The van der Waals surface area contributed by atoms with E-state index in [-0.39, 0.29) is 34.0 Å². The van der Waals surface area contributed by atoms with E-state index in [4.69, 9.17) is 5.73 Å². The third-order valence-corrected chi connectivity index (χ3v) is 4.58. The van der Waals surface area contributed by atoms with Crippen molar-refractivity contribution in [1.82, 2.24) is 4.57 Å². The van der Waals surface area contributed by atoms with Gasteiger partial charge in [-0.2, -0.15) is 0 Å². The fourth-order valence-corrected chi connectivity index (χ4v) is 3.09. The molecule has 2 aromatic rings. The van der Waals surface area contributed by atoms with Crippen LogP contribution in [-0.2, 0) is 23.6 Å². The Kier molecular flexibility index (Phi) is 6.21. The fourth-order valence-electron chi connectivity index (χ4n) is 1.96. The van der Waals surface area contributed by atoms with E-state index in [2.05, 4.69) is 0 Å². The molecule has 1 heterocycles. The van der Waals surface area contributed by atoms with Crippen LogP contribution in [0.2, 0.25) is 0 Å². The summed E-state index contributed by atoms with van der Waals surface area (Å²) in [5.41, 5.74) is 5.95. The quantitative estimate of drug-likeness (QED) is 0.344. The van der Waals surface area contributed by atoms with Crippen LogP contribution < -0.4 is 27.2 Å². The molecule has 0 aliphatic carbocycles. The molecular weight excluding hydrogens is 328 g/mol. The van der Waals surface area contributed by atoms with Crippen LogP contribution >= 0.6 is 0 Å². The standard InChI is InChI=1S/C13H19N4O3S.ClH/c1-15-8-9-16(11-15)7-4-10-21(19,20)17(18)13-6-3-2-5-12(13)14;/h2-3,5-6,8-9,11,18H,4,7,10,14H2,1H3;1H/q+1;/p-1. The summed E-state index contributed by atoms with van der Waals surface area (Å²) in [4.78, 5) is 0. The number of hydrogen-bond acceptors (Lipinski definition) is 4. The first-order chi connectivity index (χ1) is 9.90. The number of hydrogen-bond donors (Lipinski definition) is 2. The molecule has 0 saturated heterocycles. The lowest BCUT2D eigenvalue weighted by Crippen LogP contribution is -3.00. The van der Waals surface area contributed by atoms with Crippen molar-refractivity contribution < 1.29 is 30.6 Å². The highest BCUT2D eigenvalue weighted by Gasteiger charge is 2.22. The average molecular weight is 347 g/mol. The maximum absolute atomic E-state index is 12.1. The molecule has 1 aromatic carbocycles. The monoisotopic (exact) mass is 346 g/mol. The van der Waals surface area contributed by atoms with Crippen LogP contribution in [0.5, 0.6) is 0 Å². The molecule has 0 atom stereocenters. The number of anilines is 2. The first kappa shape index (κ1) is 18.3. The number of nitrogens with two attached hydrogens (primary N) is 1. The normalized spacial score (nSPS) is 11.0. The summed E-state index contributed by atoms with van der Waals surface area (Å²) in [7, 11) is -1.92. The molecule has 0 bridgehead atoms. The molecule has 0 aliphatic heterocycles. The van der Waals surface area contributed by atoms with Crippen LogP contribution in [0, 0.1) is 0 Å². The van der Waals surface area contributed by atoms with E-state index < -0.39 is 10.0 Å². The first-order valence-electron chi connectivity index (χ1n) is 6.47. The second kappa shape index (κ2) is 7.48. The summed E-state index contributed by atoms with van der Waals surface area (Å²) >= 11 is 0. The highest BCUT2D eigenvalue weighted by Crippen LogP contribution is 2.23. The second-order valence-corrected chi connectivity index (χ2v) is 6.71. The Morgan fingerprint density at radius 3 is 2.64 bits per heavy atom. The maximum Gasteiger partial charge on any atom is 0.257 e. The van der Waals surface area contributed by atoms with Gasteiger partial charge in [0.15, 0.2) is 0 Å². The molecule has 3 N–H and O–H groups in total. The highest BCUT2D eigenvalue weighted by molar-refractivity contribution is 7.92. The van der Waals surface area contributed by atoms with E-state index in [0.717, 1.165) is 0 Å². The number of halogens is 1. The number of rotatable bonds is 6. The van der Waals surface area contributed by atoms with Gasteiger partial charge in [-0.1, -0.05) is 12.1 Å². The average Bonchev–Trinajstić information content (AvgIpc) is 2.84. The van der Waals surface area contributed by atoms with Crippen LogP contribution in [0.3, 0.4) is 0 Å². The molecule has 9 heteroatoms. The Bertz CT molecular complexity index is 718. The van der Waals surface area contributed by atoms with Crippen LogP contribution in [0.4, 0.5) is 11.4 Å². The van der Waals surface area contributed by atoms with Gasteiger partial charge in [0, 0.05) is 6.42 Å². The van der Waals surface area contributed by atoms with Gasteiger partial charge in [-0.05, 0) is 12.1 Å². The number of aryl methyl sites for hydroxylation is 2. The molecule has 0 fully saturated rings. The topological polar surface area (TPSA) is 92.4 Å². The Balaban J connectivity index is 0.00000242. The van der Waals surface area contributed by atoms with Crippen molar-refractivity contribution in [3.05, 3.63) is 43.0 Å². The van der Waals surface area contributed by atoms with E-state index >= 15 is 0 Å². The van der Waals surface area contributed by atoms with E-state index in [0.29, 0.717) is 13.0 Å². The largest absolute Gasteiger partial charge is 1.00 e. The van der Waals surface area contributed by atoms with Crippen molar-refractivity contribution >= 4 is 21.4 Å². The van der Waals surface area contributed by atoms with Gasteiger partial charge in [0.25, 0.3) is 10.0 Å². The maximum atomic E-state index is 12.1. The lowest BCUT2D eigenvalue weighted by atomic mass is 10.3. The molecule has 7 nitrogen and oxygen atoms in total. The lowest BCUT2D eigenvalue weighted by Gasteiger charge is -2.18. The number of sulfonamides is 1. The van der Waals surface area contributed by atoms with Crippen LogP contribution in [0.25, 0.3) is 0 Å². The van der Waals surface area contributed by atoms with Gasteiger partial charge in [0.2, 0.25) is 6.33 Å². The summed E-state index contributed by atoms with van der Waals surface area (Å²) in [6.45, 7) is 0.554. The molecule has 0 radical (unpaired) electrons. The SMILES string of the molecule is C[n+]1ccn(CCCS(=O)(=O)N(O)c2ccccc2N)c1.[Cl-]. The number of para-hydroxylation sites is 2. The summed E-state index contributed by atoms with van der Waals surface area (Å²) in [5, 5.41) is 9.88. The molecule has 0 saturated carbocycles. The summed E-state index contributed by atoms with van der Waals surface area (Å²) < 4.78 is 28.2. The van der Waals surface area contributed by atoms with Crippen molar-refractivity contribution in [3.8, 4) is 0 Å². The number of benzene rings is 1. The number of nitrogens with zero attached hydrogens (tertiary/aromatic N) is 3. The number of nitrogen functional groups attached to an aromatic ring is 1. The van der Waals surface area contributed by atoms with Crippen LogP contribution in [0.1, 0.15) is 6.42 Å². The van der Waals surface area contributed by atoms with Crippen LogP contribution in [0.15, 0.2) is 43.0 Å². The third kappa shape index (κ3) is 4.36. The van der Waals surface area contributed by atoms with Gasteiger partial charge in [-0.15, -0.1) is 4.47 Å². The molecule has 0 unspecified atom stereocenters. The second-order valence-electron chi connectivity index (χ2n) is 4.79. The van der Waals surface area contributed by atoms with Gasteiger partial charge in [-0.25, -0.2) is 17.6 Å². The molecule has 22 heavy (non-hydrogen) atoms. The van der Waals surface area contributed by atoms with E-state index in [9.17, 15) is 13.6 Å². The van der Waals surface area contributed by atoms with Crippen molar-refractivity contribution in [1.29, 1.82) is 0 Å². The molecular formula is C13H19ClN4O3S. The third-order valence-electron chi connectivity index (χ3n) is 3.05. The van der Waals surface area contributed by atoms with E-state index in [1.54, 1.807) is 12.1 Å². The first-order valence-corrected chi connectivity index (χ1v) is 8.08. The molecule has 0 spiro atoms. The van der Waals surface area contributed by atoms with Crippen molar-refractivity contribution in [2.45, 2.75) is 13.0 Å². The number of imidazole rings is 1. The zero-order valence-corrected chi connectivity index (χ0v) is 13.7. The van der Waals surface area contributed by atoms with E-state index in [1.807, 2.05) is 34.9 Å². The van der Waals surface area contributed by atoms with Crippen molar-refractivity contribution in [2.24, 2.45) is 7.05 Å². The Morgan fingerprint density at radius 2 is 2.05 bits per heavy atom. The van der Waals surface area contributed by atoms with Gasteiger partial charge in [-0.3, -0.25) is 5.21 Å². The van der Waals surface area contributed by atoms with Gasteiger partial charge in [0.1, 0.15) is 18.1 Å². The zero-order chi connectivity index (χ0) is 15.5. The fraction of sp³-hybridized carbons (Fsp3) is 0.308.